The summed E-state index contributed by atoms with van der Waals surface area (Å²) in [4.78, 5) is 36.9. The summed E-state index contributed by atoms with van der Waals surface area (Å²) >= 11 is 0. The average molecular weight is 455 g/mol. The summed E-state index contributed by atoms with van der Waals surface area (Å²) in [6, 6.07) is 5.21. The first-order valence-electron chi connectivity index (χ1n) is 9.78. The number of benzene rings is 1. The Labute approximate surface area is 184 Å². The molecule has 0 radical (unpaired) electrons. The molecule has 0 fully saturated rings. The van der Waals surface area contributed by atoms with E-state index in [2.05, 4.69) is 10.3 Å². The van der Waals surface area contributed by atoms with Gasteiger partial charge in [0, 0.05) is 29.9 Å². The predicted molar refractivity (Wildman–Crippen MR) is 114 cm³/mol. The number of rotatable bonds is 11. The molecular formula is C20H31N4O8+. The Morgan fingerprint density at radius 3 is 2.16 bits per heavy atom. The molecule has 0 unspecified atom stereocenters. The number of nitrogens with zero attached hydrogens (tertiary/aromatic N) is 1. The Morgan fingerprint density at radius 1 is 1.06 bits per heavy atom. The third-order valence-corrected chi connectivity index (χ3v) is 4.76. The van der Waals surface area contributed by atoms with Gasteiger partial charge in [0.05, 0.1) is 7.05 Å². The lowest BCUT2D eigenvalue weighted by Gasteiger charge is -2.25. The van der Waals surface area contributed by atoms with E-state index in [1.54, 1.807) is 13.2 Å². The van der Waals surface area contributed by atoms with Gasteiger partial charge in [0.25, 0.3) is 0 Å². The molecular weight excluding hydrogens is 424 g/mol. The van der Waals surface area contributed by atoms with Crippen LogP contribution in [-0.4, -0.2) is 92.2 Å². The number of quaternary nitrogens is 1. The number of aromatic amines is 1. The standard InChI is InChI=1S/C16H19N3O5.C4H12NO3/c17-11(15(21)22)5-6-14(20)19-13(16(23)24)7-9-8-18-12-4-2-1-3-10(9)12;1-5(2-6,3-7)4-8/h1-4,8,11,13,18H,5-7,17H2,(H,19,20)(H,21,22)(H,23,24);6-8H,2-4H2,1H3/q;+1/t11-,13-;/m1./s1. The van der Waals surface area contributed by atoms with Crippen molar-refractivity contribution in [3.05, 3.63) is 36.0 Å². The minimum absolute atomic E-state index is 0.0550. The van der Waals surface area contributed by atoms with Gasteiger partial charge in [-0.2, -0.15) is 0 Å². The number of amides is 1. The molecule has 0 aliphatic carbocycles. The Balaban J connectivity index is 0.000000547. The molecule has 0 aliphatic rings. The number of para-hydroxylation sites is 1. The second kappa shape index (κ2) is 12.7. The fraction of sp³-hybridized carbons (Fsp3) is 0.450. The first-order chi connectivity index (χ1) is 15.1. The van der Waals surface area contributed by atoms with Crippen LogP contribution in [-0.2, 0) is 20.8 Å². The van der Waals surface area contributed by atoms with E-state index >= 15 is 0 Å². The summed E-state index contributed by atoms with van der Waals surface area (Å²) in [5.41, 5.74) is 6.99. The molecule has 32 heavy (non-hydrogen) atoms. The number of aliphatic carboxylic acids is 2. The number of carboxylic acids is 2. The van der Waals surface area contributed by atoms with Crippen molar-refractivity contribution in [2.45, 2.75) is 31.3 Å². The van der Waals surface area contributed by atoms with E-state index in [1.807, 2.05) is 24.3 Å². The van der Waals surface area contributed by atoms with E-state index in [0.717, 1.165) is 16.5 Å². The summed E-state index contributed by atoms with van der Waals surface area (Å²) in [6.45, 7) is -0.729. The van der Waals surface area contributed by atoms with E-state index in [4.69, 9.17) is 26.2 Å². The maximum absolute atomic E-state index is 11.8. The minimum Gasteiger partial charge on any atom is -0.480 e. The topological polar surface area (TPSA) is 206 Å². The van der Waals surface area contributed by atoms with Crippen molar-refractivity contribution in [3.63, 3.8) is 0 Å². The molecule has 0 aliphatic heterocycles. The third-order valence-electron chi connectivity index (χ3n) is 4.76. The van der Waals surface area contributed by atoms with Gasteiger partial charge in [-0.1, -0.05) is 18.2 Å². The smallest absolute Gasteiger partial charge is 0.326 e. The van der Waals surface area contributed by atoms with Gasteiger partial charge in [-0.15, -0.1) is 0 Å². The van der Waals surface area contributed by atoms with Gasteiger partial charge in [-0.05, 0) is 18.1 Å². The Hall–Kier alpha value is -3.03. The van der Waals surface area contributed by atoms with Crippen LogP contribution in [0.4, 0.5) is 0 Å². The van der Waals surface area contributed by atoms with E-state index in [-0.39, 0.29) is 43.9 Å². The first-order valence-corrected chi connectivity index (χ1v) is 9.78. The molecule has 0 bridgehead atoms. The van der Waals surface area contributed by atoms with E-state index in [0.29, 0.717) is 0 Å². The SMILES string of the molecule is C[N+](CO)(CO)CO.N[C@H](CCC(=O)N[C@H](Cc1c[nH]c2ccccc12)C(=O)O)C(=O)O. The van der Waals surface area contributed by atoms with Crippen molar-refractivity contribution >= 4 is 28.7 Å². The second-order valence-electron chi connectivity index (χ2n) is 7.55. The number of fused-ring (bicyclic) bond motifs is 1. The zero-order valence-electron chi connectivity index (χ0n) is 17.8. The van der Waals surface area contributed by atoms with Crippen LogP contribution in [0, 0.1) is 0 Å². The van der Waals surface area contributed by atoms with Crippen LogP contribution in [0.25, 0.3) is 10.9 Å². The molecule has 178 valence electrons. The largest absolute Gasteiger partial charge is 0.480 e. The zero-order valence-corrected chi connectivity index (χ0v) is 17.8. The van der Waals surface area contributed by atoms with Crippen molar-refractivity contribution in [1.29, 1.82) is 0 Å². The molecule has 1 aromatic heterocycles. The van der Waals surface area contributed by atoms with Gasteiger partial charge in [0.15, 0.2) is 20.2 Å². The van der Waals surface area contributed by atoms with Gasteiger partial charge >= 0.3 is 11.9 Å². The number of hydrogen-bond acceptors (Lipinski definition) is 7. The van der Waals surface area contributed by atoms with Crippen LogP contribution in [0.3, 0.4) is 0 Å². The molecule has 9 N–H and O–H groups in total. The van der Waals surface area contributed by atoms with Gasteiger partial charge in [-0.25, -0.2) is 4.79 Å². The number of aromatic nitrogens is 1. The number of carbonyl (C=O) groups is 3. The van der Waals surface area contributed by atoms with Crippen molar-refractivity contribution in [2.75, 3.05) is 27.2 Å². The molecule has 0 saturated carbocycles. The summed E-state index contributed by atoms with van der Waals surface area (Å²) in [6.07, 6.45) is 1.63. The highest BCUT2D eigenvalue weighted by Crippen LogP contribution is 2.19. The highest BCUT2D eigenvalue weighted by atomic mass is 16.4. The van der Waals surface area contributed by atoms with Crippen LogP contribution in [0.5, 0.6) is 0 Å². The second-order valence-corrected chi connectivity index (χ2v) is 7.55. The van der Waals surface area contributed by atoms with Crippen LogP contribution in [0.15, 0.2) is 30.5 Å². The molecule has 1 amide bonds. The number of aliphatic hydroxyl groups excluding tert-OH is 3. The molecule has 12 nitrogen and oxygen atoms in total. The number of carbonyl (C=O) groups excluding carboxylic acids is 1. The third kappa shape index (κ3) is 8.24. The number of nitrogens with one attached hydrogen (secondary N) is 2. The monoisotopic (exact) mass is 455 g/mol. The number of H-pyrrole nitrogens is 1. The number of hydrogen-bond donors (Lipinski definition) is 8. The lowest BCUT2D eigenvalue weighted by molar-refractivity contribution is -0.959. The van der Waals surface area contributed by atoms with Crippen molar-refractivity contribution in [2.24, 2.45) is 5.73 Å². The molecule has 1 heterocycles. The summed E-state index contributed by atoms with van der Waals surface area (Å²) in [7, 11) is 1.54. The molecule has 2 aromatic rings. The van der Waals surface area contributed by atoms with Gasteiger partial charge in [-0.3, -0.25) is 14.1 Å². The summed E-state index contributed by atoms with van der Waals surface area (Å²) < 4.78 is -0.125. The maximum Gasteiger partial charge on any atom is 0.326 e. The Kier molecular flexibility index (Phi) is 10.7. The summed E-state index contributed by atoms with van der Waals surface area (Å²) in [5, 5.41) is 46.6. The quantitative estimate of drug-likeness (QED) is 0.150. The Bertz CT molecular complexity index is 888. The highest BCUT2D eigenvalue weighted by Gasteiger charge is 2.22. The van der Waals surface area contributed by atoms with Crippen molar-refractivity contribution in [1.82, 2.24) is 10.3 Å². The molecule has 0 saturated heterocycles. The first kappa shape index (κ1) is 27.0. The maximum atomic E-state index is 11.8. The molecule has 2 rings (SSSR count). The highest BCUT2D eigenvalue weighted by molar-refractivity contribution is 5.87. The fourth-order valence-electron chi connectivity index (χ4n) is 2.53. The van der Waals surface area contributed by atoms with Gasteiger partial charge in [0.2, 0.25) is 5.91 Å². The number of aliphatic hydroxyl groups is 3. The Morgan fingerprint density at radius 2 is 1.66 bits per heavy atom. The van der Waals surface area contributed by atoms with E-state index in [1.165, 1.54) is 0 Å². The molecule has 12 heteroatoms. The molecule has 1 aromatic carbocycles. The summed E-state index contributed by atoms with van der Waals surface area (Å²) in [5.74, 6) is -2.90. The van der Waals surface area contributed by atoms with Crippen LogP contribution >= 0.6 is 0 Å². The van der Waals surface area contributed by atoms with Crippen LogP contribution < -0.4 is 11.1 Å². The van der Waals surface area contributed by atoms with Crippen LogP contribution in [0.2, 0.25) is 0 Å². The van der Waals surface area contributed by atoms with Crippen LogP contribution in [0.1, 0.15) is 18.4 Å². The average Bonchev–Trinajstić information content (AvgIpc) is 3.19. The lowest BCUT2D eigenvalue weighted by Crippen LogP contribution is -2.46. The van der Waals surface area contributed by atoms with Gasteiger partial charge in [0.1, 0.15) is 12.1 Å². The predicted octanol–water partition coefficient (Wildman–Crippen LogP) is -1.25. The molecule has 0 spiro atoms. The molecule has 2 atom stereocenters. The fourth-order valence-corrected chi connectivity index (χ4v) is 2.53. The normalized spacial score (nSPS) is 13.0. The zero-order chi connectivity index (χ0) is 24.3. The van der Waals surface area contributed by atoms with Gasteiger partial charge < -0.3 is 41.6 Å². The number of carboxylic acid groups (broad SMARTS) is 2. The number of nitrogens with two attached hydrogens (primary N) is 1. The van der Waals surface area contributed by atoms with E-state index < -0.39 is 29.9 Å². The lowest BCUT2D eigenvalue weighted by atomic mass is 10.0. The van der Waals surface area contributed by atoms with E-state index in [9.17, 15) is 19.5 Å². The van der Waals surface area contributed by atoms with Crippen molar-refractivity contribution in [3.8, 4) is 0 Å². The van der Waals surface area contributed by atoms with Crippen molar-refractivity contribution < 1.29 is 44.4 Å². The minimum atomic E-state index is -1.20.